The fourth-order valence-electron chi connectivity index (χ4n) is 2.10. The molecule has 0 saturated heterocycles. The summed E-state index contributed by atoms with van der Waals surface area (Å²) in [5, 5.41) is 11.1. The Morgan fingerprint density at radius 3 is 2.76 bits per heavy atom. The van der Waals surface area contributed by atoms with Crippen molar-refractivity contribution in [3.8, 4) is 0 Å². The Hall–Kier alpha value is -2.96. The summed E-state index contributed by atoms with van der Waals surface area (Å²) < 4.78 is 4.62. The van der Waals surface area contributed by atoms with Crippen molar-refractivity contribution in [1.29, 1.82) is 0 Å². The molecular formula is C14H13N5O2. The minimum absolute atomic E-state index is 0.206. The number of hydrogen-bond donors (Lipinski definition) is 2. The largest absolute Gasteiger partial charge is 0.373 e. The molecule has 7 heteroatoms. The zero-order valence-electron chi connectivity index (χ0n) is 11.3. The Morgan fingerprint density at radius 2 is 2.05 bits per heavy atom. The minimum Gasteiger partial charge on any atom is -0.373 e. The topological polar surface area (TPSA) is 92.9 Å². The predicted octanol–water partition coefficient (Wildman–Crippen LogP) is 1.59. The molecule has 0 bridgehead atoms. The van der Waals surface area contributed by atoms with Gasteiger partial charge < -0.3 is 15.2 Å². The van der Waals surface area contributed by atoms with Crippen LogP contribution in [-0.4, -0.2) is 28.1 Å². The second-order valence-electron chi connectivity index (χ2n) is 4.35. The molecule has 2 N–H and O–H groups in total. The average Bonchev–Trinajstić information content (AvgIpc) is 3.05. The lowest BCUT2D eigenvalue weighted by molar-refractivity contribution is 0.0951. The number of nitrogens with zero attached hydrogens (tertiary/aromatic N) is 3. The van der Waals surface area contributed by atoms with E-state index in [2.05, 4.69) is 30.3 Å². The molecule has 0 fully saturated rings. The maximum absolute atomic E-state index is 12.3. The standard InChI is InChI=1S/C14H13N5O2/c1-15-13-10-5-3-2-4-9(10)11(6-16-13)14(20)17-7-12-18-8-21-19-12/h2-6,8H,7H2,1H3,(H,15,16)(H,17,20). The fourth-order valence-corrected chi connectivity index (χ4v) is 2.10. The monoisotopic (exact) mass is 283 g/mol. The normalized spacial score (nSPS) is 10.5. The van der Waals surface area contributed by atoms with Gasteiger partial charge in [0, 0.05) is 18.6 Å². The molecule has 0 aliphatic rings. The number of benzene rings is 1. The highest BCUT2D eigenvalue weighted by Crippen LogP contribution is 2.23. The molecule has 0 atom stereocenters. The number of aromatic nitrogens is 3. The van der Waals surface area contributed by atoms with Crippen molar-refractivity contribution in [3.63, 3.8) is 0 Å². The van der Waals surface area contributed by atoms with Crippen molar-refractivity contribution in [1.82, 2.24) is 20.4 Å². The first-order valence-electron chi connectivity index (χ1n) is 6.38. The highest BCUT2D eigenvalue weighted by Gasteiger charge is 2.13. The fraction of sp³-hybridized carbons (Fsp3) is 0.143. The summed E-state index contributed by atoms with van der Waals surface area (Å²) in [5.74, 6) is 0.930. The van der Waals surface area contributed by atoms with Gasteiger partial charge in [0.25, 0.3) is 5.91 Å². The highest BCUT2D eigenvalue weighted by molar-refractivity contribution is 6.09. The van der Waals surface area contributed by atoms with E-state index in [1.165, 1.54) is 6.39 Å². The summed E-state index contributed by atoms with van der Waals surface area (Å²) in [6.45, 7) is 0.206. The van der Waals surface area contributed by atoms with Gasteiger partial charge in [-0.25, -0.2) is 4.98 Å². The number of carbonyl (C=O) groups is 1. The van der Waals surface area contributed by atoms with Crippen LogP contribution in [0.5, 0.6) is 0 Å². The maximum atomic E-state index is 12.3. The number of rotatable bonds is 4. The first kappa shape index (κ1) is 13.0. The van der Waals surface area contributed by atoms with Crippen LogP contribution in [0, 0.1) is 0 Å². The van der Waals surface area contributed by atoms with Gasteiger partial charge in [-0.05, 0) is 5.39 Å². The van der Waals surface area contributed by atoms with Crippen LogP contribution in [0.2, 0.25) is 0 Å². The molecule has 0 unspecified atom stereocenters. The molecular weight excluding hydrogens is 270 g/mol. The highest BCUT2D eigenvalue weighted by atomic mass is 16.5. The number of fused-ring (bicyclic) bond motifs is 1. The van der Waals surface area contributed by atoms with Gasteiger partial charge in [-0.3, -0.25) is 4.79 Å². The van der Waals surface area contributed by atoms with Gasteiger partial charge in [-0.1, -0.05) is 29.4 Å². The van der Waals surface area contributed by atoms with E-state index in [0.29, 0.717) is 11.4 Å². The molecule has 1 amide bonds. The van der Waals surface area contributed by atoms with Gasteiger partial charge in [0.05, 0.1) is 12.1 Å². The lowest BCUT2D eigenvalue weighted by Gasteiger charge is -2.09. The number of anilines is 1. The van der Waals surface area contributed by atoms with Crippen molar-refractivity contribution >= 4 is 22.5 Å². The molecule has 106 valence electrons. The second kappa shape index (κ2) is 5.58. The molecule has 0 aliphatic carbocycles. The van der Waals surface area contributed by atoms with E-state index in [4.69, 9.17) is 0 Å². The molecule has 7 nitrogen and oxygen atoms in total. The van der Waals surface area contributed by atoms with Crippen molar-refractivity contribution in [2.24, 2.45) is 0 Å². The van der Waals surface area contributed by atoms with E-state index in [9.17, 15) is 4.79 Å². The van der Waals surface area contributed by atoms with Gasteiger partial charge in [-0.2, -0.15) is 4.98 Å². The zero-order chi connectivity index (χ0) is 14.7. The van der Waals surface area contributed by atoms with Crippen LogP contribution in [0.4, 0.5) is 5.82 Å². The average molecular weight is 283 g/mol. The van der Waals surface area contributed by atoms with Crippen molar-refractivity contribution in [2.75, 3.05) is 12.4 Å². The summed E-state index contributed by atoms with van der Waals surface area (Å²) in [5.41, 5.74) is 0.507. The summed E-state index contributed by atoms with van der Waals surface area (Å²) in [7, 11) is 1.80. The van der Waals surface area contributed by atoms with E-state index in [0.717, 1.165) is 16.6 Å². The zero-order valence-corrected chi connectivity index (χ0v) is 11.3. The number of pyridine rings is 1. The van der Waals surface area contributed by atoms with E-state index in [1.807, 2.05) is 24.3 Å². The third-order valence-corrected chi connectivity index (χ3v) is 3.09. The Labute approximate surface area is 120 Å². The van der Waals surface area contributed by atoms with E-state index in [1.54, 1.807) is 13.2 Å². The lowest BCUT2D eigenvalue weighted by Crippen LogP contribution is -2.24. The quantitative estimate of drug-likeness (QED) is 0.755. The van der Waals surface area contributed by atoms with Crippen molar-refractivity contribution in [3.05, 3.63) is 48.2 Å². The predicted molar refractivity (Wildman–Crippen MR) is 76.8 cm³/mol. The smallest absolute Gasteiger partial charge is 0.253 e. The summed E-state index contributed by atoms with van der Waals surface area (Å²) >= 11 is 0. The molecule has 2 heterocycles. The first-order chi connectivity index (χ1) is 10.3. The minimum atomic E-state index is -0.230. The molecule has 21 heavy (non-hydrogen) atoms. The van der Waals surface area contributed by atoms with Crippen LogP contribution < -0.4 is 10.6 Å². The summed E-state index contributed by atoms with van der Waals surface area (Å²) in [6, 6.07) is 7.61. The van der Waals surface area contributed by atoms with Crippen LogP contribution in [0.25, 0.3) is 10.8 Å². The molecule has 0 aliphatic heterocycles. The first-order valence-corrected chi connectivity index (χ1v) is 6.38. The molecule has 1 aromatic carbocycles. The number of amides is 1. The van der Waals surface area contributed by atoms with Crippen molar-refractivity contribution < 1.29 is 9.32 Å². The molecule has 0 spiro atoms. The summed E-state index contributed by atoms with van der Waals surface area (Å²) in [4.78, 5) is 20.4. The van der Waals surface area contributed by atoms with Gasteiger partial charge >= 0.3 is 0 Å². The lowest BCUT2D eigenvalue weighted by atomic mass is 10.1. The van der Waals surface area contributed by atoms with Gasteiger partial charge in [0.15, 0.2) is 5.82 Å². The number of nitrogens with one attached hydrogen (secondary N) is 2. The van der Waals surface area contributed by atoms with Gasteiger partial charge in [-0.15, -0.1) is 0 Å². The molecule has 3 rings (SSSR count). The number of hydrogen-bond acceptors (Lipinski definition) is 6. The van der Waals surface area contributed by atoms with Gasteiger partial charge in [0.2, 0.25) is 6.39 Å². The Kier molecular flexibility index (Phi) is 3.46. The van der Waals surface area contributed by atoms with Crippen LogP contribution in [0.15, 0.2) is 41.4 Å². The van der Waals surface area contributed by atoms with Crippen LogP contribution in [-0.2, 0) is 6.54 Å². The van der Waals surface area contributed by atoms with E-state index in [-0.39, 0.29) is 12.5 Å². The second-order valence-corrected chi connectivity index (χ2v) is 4.35. The third-order valence-electron chi connectivity index (χ3n) is 3.09. The van der Waals surface area contributed by atoms with Gasteiger partial charge in [0.1, 0.15) is 5.82 Å². The Balaban J connectivity index is 1.91. The molecule has 0 radical (unpaired) electrons. The van der Waals surface area contributed by atoms with E-state index >= 15 is 0 Å². The SMILES string of the molecule is CNc1ncc(C(=O)NCc2ncon2)c2ccccc12. The molecule has 2 aromatic heterocycles. The Morgan fingerprint density at radius 1 is 1.24 bits per heavy atom. The number of carbonyl (C=O) groups excluding carboxylic acids is 1. The van der Waals surface area contributed by atoms with Crippen LogP contribution in [0.1, 0.15) is 16.2 Å². The van der Waals surface area contributed by atoms with E-state index < -0.39 is 0 Å². The van der Waals surface area contributed by atoms with Crippen molar-refractivity contribution in [2.45, 2.75) is 6.54 Å². The molecule has 3 aromatic rings. The summed E-state index contributed by atoms with van der Waals surface area (Å²) in [6.07, 6.45) is 2.78. The third kappa shape index (κ3) is 2.53. The Bertz CT molecular complexity index is 770. The van der Waals surface area contributed by atoms with Crippen LogP contribution >= 0.6 is 0 Å². The molecule has 0 saturated carbocycles. The van der Waals surface area contributed by atoms with Crippen LogP contribution in [0.3, 0.4) is 0 Å². The maximum Gasteiger partial charge on any atom is 0.253 e.